The van der Waals surface area contributed by atoms with Crippen LogP contribution >= 0.6 is 0 Å². The normalized spacial score (nSPS) is 17.6. The van der Waals surface area contributed by atoms with Gasteiger partial charge in [0.2, 0.25) is 5.91 Å². The van der Waals surface area contributed by atoms with Crippen molar-refractivity contribution in [1.82, 2.24) is 14.5 Å². The highest BCUT2D eigenvalue weighted by atomic mass is 16.5. The third-order valence-electron chi connectivity index (χ3n) is 5.25. The number of carbonyl (C=O) groups excluding carboxylic acids is 1. The molecule has 6 nitrogen and oxygen atoms in total. The van der Waals surface area contributed by atoms with Crippen molar-refractivity contribution in [1.29, 1.82) is 0 Å². The van der Waals surface area contributed by atoms with E-state index in [0.29, 0.717) is 26.3 Å². The summed E-state index contributed by atoms with van der Waals surface area (Å²) < 4.78 is 7.63. The van der Waals surface area contributed by atoms with E-state index in [-0.39, 0.29) is 11.3 Å². The fourth-order valence-electron chi connectivity index (χ4n) is 3.84. The zero-order valence-corrected chi connectivity index (χ0v) is 16.7. The van der Waals surface area contributed by atoms with Crippen molar-refractivity contribution in [3.63, 3.8) is 0 Å². The number of hydrogen-bond acceptors (Lipinski definition) is 4. The molecule has 0 N–H and O–H groups in total. The predicted molar refractivity (Wildman–Crippen MR) is 105 cm³/mol. The molecule has 0 spiro atoms. The molecule has 2 aliphatic rings. The molecular formula is C21H28N4O2. The third-order valence-corrected chi connectivity index (χ3v) is 5.25. The van der Waals surface area contributed by atoms with E-state index < -0.39 is 0 Å². The molecule has 4 rings (SSSR count). The number of aromatic nitrogens is 2. The summed E-state index contributed by atoms with van der Waals surface area (Å²) in [6.07, 6.45) is 1.92. The van der Waals surface area contributed by atoms with Crippen LogP contribution in [0.5, 0.6) is 0 Å². The highest BCUT2D eigenvalue weighted by molar-refractivity contribution is 5.97. The lowest BCUT2D eigenvalue weighted by Gasteiger charge is -2.35. The first-order valence-electron chi connectivity index (χ1n) is 9.63. The smallest absolute Gasteiger partial charge is 0.241 e. The fourth-order valence-corrected chi connectivity index (χ4v) is 3.84. The molecular weight excluding hydrogens is 340 g/mol. The molecule has 0 saturated carbocycles. The van der Waals surface area contributed by atoms with Crippen molar-refractivity contribution >= 4 is 11.6 Å². The molecule has 1 saturated heterocycles. The predicted octanol–water partition coefficient (Wildman–Crippen LogP) is 2.66. The Hall–Kier alpha value is -2.18. The average Bonchev–Trinajstić information content (AvgIpc) is 3.06. The molecule has 2 aromatic rings. The van der Waals surface area contributed by atoms with E-state index in [2.05, 4.69) is 55.4 Å². The van der Waals surface area contributed by atoms with E-state index in [9.17, 15) is 4.79 Å². The van der Waals surface area contributed by atoms with Gasteiger partial charge >= 0.3 is 0 Å². The van der Waals surface area contributed by atoms with Gasteiger partial charge in [0.05, 0.1) is 49.6 Å². The van der Waals surface area contributed by atoms with E-state index in [0.717, 1.165) is 41.5 Å². The van der Waals surface area contributed by atoms with Gasteiger partial charge in [0.15, 0.2) is 0 Å². The second-order valence-electron chi connectivity index (χ2n) is 8.52. The molecule has 1 fully saturated rings. The van der Waals surface area contributed by atoms with E-state index >= 15 is 0 Å². The fraction of sp³-hybridized carbons (Fsp3) is 0.524. The molecule has 1 aromatic carbocycles. The van der Waals surface area contributed by atoms with Crippen molar-refractivity contribution < 1.29 is 9.53 Å². The van der Waals surface area contributed by atoms with Crippen LogP contribution in [0.4, 0.5) is 5.69 Å². The Morgan fingerprint density at radius 3 is 2.63 bits per heavy atom. The van der Waals surface area contributed by atoms with Crippen LogP contribution in [0.2, 0.25) is 0 Å². The number of nitrogens with zero attached hydrogens (tertiary/aromatic N) is 4. The number of ether oxygens (including phenoxy) is 1. The number of rotatable bonds is 2. The molecule has 6 heteroatoms. The first-order chi connectivity index (χ1) is 12.8. The number of carbonyl (C=O) groups is 1. The Bertz CT molecular complexity index is 860. The SMILES string of the molecule is Cc1ccc2c(c1)N(C(=O)CN1CCOCC1)Cc1cnc(C(C)(C)C)n1-2. The molecule has 1 aromatic heterocycles. The van der Waals surface area contributed by atoms with Crippen LogP contribution in [0.1, 0.15) is 37.9 Å². The summed E-state index contributed by atoms with van der Waals surface area (Å²) in [6, 6.07) is 6.33. The minimum atomic E-state index is -0.0691. The first-order valence-corrected chi connectivity index (χ1v) is 9.63. The van der Waals surface area contributed by atoms with Gasteiger partial charge in [0.25, 0.3) is 0 Å². The largest absolute Gasteiger partial charge is 0.379 e. The van der Waals surface area contributed by atoms with Gasteiger partial charge in [0, 0.05) is 18.5 Å². The lowest BCUT2D eigenvalue weighted by atomic mass is 9.95. The van der Waals surface area contributed by atoms with Crippen LogP contribution in [0.25, 0.3) is 5.69 Å². The Kier molecular flexibility index (Phi) is 4.56. The average molecular weight is 368 g/mol. The van der Waals surface area contributed by atoms with Crippen LogP contribution < -0.4 is 4.90 Å². The zero-order chi connectivity index (χ0) is 19.2. The van der Waals surface area contributed by atoms with Crippen LogP contribution in [-0.4, -0.2) is 53.2 Å². The Labute approximate surface area is 160 Å². The number of aryl methyl sites for hydroxylation is 1. The molecule has 0 aliphatic carbocycles. The summed E-state index contributed by atoms with van der Waals surface area (Å²) in [5.41, 5.74) is 4.16. The van der Waals surface area contributed by atoms with Gasteiger partial charge in [0.1, 0.15) is 5.82 Å². The molecule has 144 valence electrons. The zero-order valence-electron chi connectivity index (χ0n) is 16.7. The second-order valence-corrected chi connectivity index (χ2v) is 8.52. The van der Waals surface area contributed by atoms with Gasteiger partial charge < -0.3 is 9.64 Å². The summed E-state index contributed by atoms with van der Waals surface area (Å²) >= 11 is 0. The van der Waals surface area contributed by atoms with Crippen molar-refractivity contribution in [2.45, 2.75) is 39.7 Å². The van der Waals surface area contributed by atoms with Crippen molar-refractivity contribution in [2.24, 2.45) is 0 Å². The minimum Gasteiger partial charge on any atom is -0.379 e. The van der Waals surface area contributed by atoms with E-state index in [1.807, 2.05) is 11.1 Å². The van der Waals surface area contributed by atoms with Gasteiger partial charge in [-0.2, -0.15) is 0 Å². The Morgan fingerprint density at radius 2 is 1.93 bits per heavy atom. The lowest BCUT2D eigenvalue weighted by Crippen LogP contribution is -2.46. The summed E-state index contributed by atoms with van der Waals surface area (Å²) in [7, 11) is 0. The first kappa shape index (κ1) is 18.2. The van der Waals surface area contributed by atoms with Crippen LogP contribution in [0.3, 0.4) is 0 Å². The Balaban J connectivity index is 1.71. The third kappa shape index (κ3) is 3.39. The summed E-state index contributed by atoms with van der Waals surface area (Å²) in [5.74, 6) is 1.16. The van der Waals surface area contributed by atoms with E-state index in [1.165, 1.54) is 0 Å². The van der Waals surface area contributed by atoms with Crippen molar-refractivity contribution in [3.8, 4) is 5.69 Å². The van der Waals surface area contributed by atoms with Gasteiger partial charge in [-0.1, -0.05) is 26.8 Å². The number of benzene rings is 1. The molecule has 27 heavy (non-hydrogen) atoms. The maximum atomic E-state index is 13.2. The molecule has 0 atom stereocenters. The van der Waals surface area contributed by atoms with Gasteiger partial charge in [-0.15, -0.1) is 0 Å². The molecule has 0 unspecified atom stereocenters. The number of morpholine rings is 1. The molecule has 2 aliphatic heterocycles. The number of anilines is 1. The summed E-state index contributed by atoms with van der Waals surface area (Å²) in [5, 5.41) is 0. The maximum absolute atomic E-state index is 13.2. The molecule has 0 bridgehead atoms. The molecule has 0 radical (unpaired) electrons. The van der Waals surface area contributed by atoms with Crippen LogP contribution in [0, 0.1) is 6.92 Å². The topological polar surface area (TPSA) is 50.6 Å². The standard InChI is InChI=1S/C21H28N4O2/c1-15-5-6-17-18(11-15)24(19(26)14-23-7-9-27-10-8-23)13-16-12-22-20(25(16)17)21(2,3)4/h5-6,11-12H,7-10,13-14H2,1-4H3. The monoisotopic (exact) mass is 368 g/mol. The van der Waals surface area contributed by atoms with Crippen LogP contribution in [-0.2, 0) is 21.5 Å². The van der Waals surface area contributed by atoms with Crippen LogP contribution in [0.15, 0.2) is 24.4 Å². The second kappa shape index (κ2) is 6.77. The van der Waals surface area contributed by atoms with Gasteiger partial charge in [-0.3, -0.25) is 14.3 Å². The maximum Gasteiger partial charge on any atom is 0.241 e. The lowest BCUT2D eigenvalue weighted by molar-refractivity contribution is -0.120. The molecule has 3 heterocycles. The summed E-state index contributed by atoms with van der Waals surface area (Å²) in [6.45, 7) is 12.6. The van der Waals surface area contributed by atoms with Crippen molar-refractivity contribution in [2.75, 3.05) is 37.7 Å². The number of fused-ring (bicyclic) bond motifs is 3. The van der Waals surface area contributed by atoms with Crippen molar-refractivity contribution in [3.05, 3.63) is 41.5 Å². The highest BCUT2D eigenvalue weighted by Crippen LogP contribution is 2.37. The quantitative estimate of drug-likeness (QED) is 0.818. The van der Waals surface area contributed by atoms with Gasteiger partial charge in [-0.25, -0.2) is 4.98 Å². The number of hydrogen-bond donors (Lipinski definition) is 0. The Morgan fingerprint density at radius 1 is 1.19 bits per heavy atom. The van der Waals surface area contributed by atoms with Gasteiger partial charge in [-0.05, 0) is 24.6 Å². The minimum absolute atomic E-state index is 0.0691. The molecule has 1 amide bonds. The summed E-state index contributed by atoms with van der Waals surface area (Å²) in [4.78, 5) is 22.0. The number of amides is 1. The highest BCUT2D eigenvalue weighted by Gasteiger charge is 2.32. The number of imidazole rings is 1. The van der Waals surface area contributed by atoms with E-state index in [1.54, 1.807) is 0 Å². The van der Waals surface area contributed by atoms with E-state index in [4.69, 9.17) is 9.72 Å².